The first-order chi connectivity index (χ1) is 9.48. The highest BCUT2D eigenvalue weighted by atomic mass is 35.5. The lowest BCUT2D eigenvalue weighted by Gasteiger charge is -2.45. The van der Waals surface area contributed by atoms with Gasteiger partial charge in [-0.1, -0.05) is 11.6 Å². The van der Waals surface area contributed by atoms with Gasteiger partial charge < -0.3 is 5.32 Å². The molecule has 2 atom stereocenters. The molecule has 1 N–H and O–H groups in total. The molecule has 1 aromatic carbocycles. The third kappa shape index (κ3) is 2.85. The van der Waals surface area contributed by atoms with Crippen LogP contribution in [0.4, 0.5) is 4.39 Å². The Balaban J connectivity index is 1.76. The lowest BCUT2D eigenvalue weighted by molar-refractivity contribution is 0.0770. The molecule has 2 unspecified atom stereocenters. The predicted molar refractivity (Wildman–Crippen MR) is 80.4 cm³/mol. The SMILES string of the molecule is CC1CNC(C)(C2CC2)CN1Cc1cc(F)ccc1Cl. The summed E-state index contributed by atoms with van der Waals surface area (Å²) in [5.41, 5.74) is 1.09. The Morgan fingerprint density at radius 1 is 1.45 bits per heavy atom. The van der Waals surface area contributed by atoms with E-state index in [9.17, 15) is 4.39 Å². The van der Waals surface area contributed by atoms with Crippen LogP contribution in [0.5, 0.6) is 0 Å². The average molecular weight is 297 g/mol. The summed E-state index contributed by atoms with van der Waals surface area (Å²) < 4.78 is 13.4. The minimum absolute atomic E-state index is 0.201. The maximum atomic E-state index is 13.4. The largest absolute Gasteiger partial charge is 0.308 e. The Morgan fingerprint density at radius 2 is 2.20 bits per heavy atom. The van der Waals surface area contributed by atoms with E-state index in [-0.39, 0.29) is 11.4 Å². The quantitative estimate of drug-likeness (QED) is 0.919. The first-order valence-corrected chi connectivity index (χ1v) is 7.79. The van der Waals surface area contributed by atoms with E-state index in [2.05, 4.69) is 24.1 Å². The van der Waals surface area contributed by atoms with Crippen LogP contribution in [0.25, 0.3) is 0 Å². The maximum Gasteiger partial charge on any atom is 0.123 e. The highest BCUT2D eigenvalue weighted by molar-refractivity contribution is 6.31. The van der Waals surface area contributed by atoms with Crippen molar-refractivity contribution < 1.29 is 4.39 Å². The van der Waals surface area contributed by atoms with Crippen molar-refractivity contribution in [3.05, 3.63) is 34.6 Å². The molecule has 3 rings (SSSR count). The van der Waals surface area contributed by atoms with Gasteiger partial charge in [0.25, 0.3) is 0 Å². The molecule has 1 saturated carbocycles. The molecule has 1 aromatic rings. The van der Waals surface area contributed by atoms with Gasteiger partial charge in [0.05, 0.1) is 0 Å². The topological polar surface area (TPSA) is 15.3 Å². The second kappa shape index (κ2) is 5.28. The zero-order chi connectivity index (χ0) is 14.3. The molecule has 1 saturated heterocycles. The summed E-state index contributed by atoms with van der Waals surface area (Å²) in [6.07, 6.45) is 2.65. The van der Waals surface area contributed by atoms with Gasteiger partial charge in [0.1, 0.15) is 5.82 Å². The van der Waals surface area contributed by atoms with Crippen LogP contribution in [0, 0.1) is 11.7 Å². The van der Waals surface area contributed by atoms with Crippen LogP contribution in [0.2, 0.25) is 5.02 Å². The molecule has 0 spiro atoms. The highest BCUT2D eigenvalue weighted by Crippen LogP contribution is 2.41. The predicted octanol–water partition coefficient (Wildman–Crippen LogP) is 3.44. The summed E-state index contributed by atoms with van der Waals surface area (Å²) in [6, 6.07) is 5.08. The van der Waals surface area contributed by atoms with E-state index in [4.69, 9.17) is 11.6 Å². The van der Waals surface area contributed by atoms with Crippen molar-refractivity contribution in [3.8, 4) is 0 Å². The molecule has 1 aliphatic carbocycles. The first-order valence-electron chi connectivity index (χ1n) is 7.41. The number of halogens is 2. The van der Waals surface area contributed by atoms with Gasteiger partial charge in [-0.25, -0.2) is 4.39 Å². The van der Waals surface area contributed by atoms with Crippen LogP contribution < -0.4 is 5.32 Å². The van der Waals surface area contributed by atoms with Gasteiger partial charge in [-0.05, 0) is 56.4 Å². The molecule has 1 heterocycles. The van der Waals surface area contributed by atoms with Crippen molar-refractivity contribution in [3.63, 3.8) is 0 Å². The lowest BCUT2D eigenvalue weighted by atomic mass is 9.91. The highest BCUT2D eigenvalue weighted by Gasteiger charge is 2.45. The summed E-state index contributed by atoms with van der Waals surface area (Å²) in [4.78, 5) is 2.43. The Labute approximate surface area is 125 Å². The number of piperazine rings is 1. The van der Waals surface area contributed by atoms with Crippen molar-refractivity contribution in [2.24, 2.45) is 5.92 Å². The zero-order valence-electron chi connectivity index (χ0n) is 12.1. The number of rotatable bonds is 3. The molecule has 0 aromatic heterocycles. The summed E-state index contributed by atoms with van der Waals surface area (Å²) in [7, 11) is 0. The van der Waals surface area contributed by atoms with Gasteiger partial charge in [-0.15, -0.1) is 0 Å². The standard InChI is InChI=1S/C16H22ClFN2/c1-11-8-19-16(2,13-3-4-13)10-20(11)9-12-7-14(18)5-6-15(12)17/h5-7,11,13,19H,3-4,8-10H2,1-2H3. The maximum absolute atomic E-state index is 13.4. The summed E-state index contributed by atoms with van der Waals surface area (Å²) in [5.74, 6) is 0.581. The molecule has 0 amide bonds. The van der Waals surface area contributed by atoms with E-state index >= 15 is 0 Å². The van der Waals surface area contributed by atoms with Gasteiger partial charge in [-0.3, -0.25) is 4.90 Å². The van der Waals surface area contributed by atoms with Crippen molar-refractivity contribution in [1.82, 2.24) is 10.2 Å². The third-order valence-electron chi connectivity index (χ3n) is 4.82. The van der Waals surface area contributed by atoms with Gasteiger partial charge in [0.15, 0.2) is 0 Å². The molecular formula is C16H22ClFN2. The molecule has 2 fully saturated rings. The fourth-order valence-electron chi connectivity index (χ4n) is 3.23. The van der Waals surface area contributed by atoms with Crippen molar-refractivity contribution >= 4 is 11.6 Å². The van der Waals surface area contributed by atoms with Crippen LogP contribution in [-0.2, 0) is 6.54 Å². The molecule has 110 valence electrons. The van der Waals surface area contributed by atoms with Crippen molar-refractivity contribution in [2.75, 3.05) is 13.1 Å². The minimum Gasteiger partial charge on any atom is -0.308 e. The Hall–Kier alpha value is -0.640. The average Bonchev–Trinajstić information content (AvgIpc) is 3.23. The van der Waals surface area contributed by atoms with E-state index in [1.807, 2.05) is 0 Å². The Morgan fingerprint density at radius 3 is 2.90 bits per heavy atom. The van der Waals surface area contributed by atoms with Crippen LogP contribution in [0.15, 0.2) is 18.2 Å². The number of nitrogens with one attached hydrogen (secondary N) is 1. The molecular weight excluding hydrogens is 275 g/mol. The number of benzene rings is 1. The van der Waals surface area contributed by atoms with Gasteiger partial charge in [0.2, 0.25) is 0 Å². The van der Waals surface area contributed by atoms with Crippen LogP contribution >= 0.6 is 11.6 Å². The number of nitrogens with zero attached hydrogens (tertiary/aromatic N) is 1. The van der Waals surface area contributed by atoms with Crippen molar-refractivity contribution in [2.45, 2.75) is 44.8 Å². The van der Waals surface area contributed by atoms with E-state index in [0.717, 1.165) is 31.1 Å². The fraction of sp³-hybridized carbons (Fsp3) is 0.625. The smallest absolute Gasteiger partial charge is 0.123 e. The summed E-state index contributed by atoms with van der Waals surface area (Å²) in [5, 5.41) is 4.36. The van der Waals surface area contributed by atoms with Crippen LogP contribution in [-0.4, -0.2) is 29.6 Å². The van der Waals surface area contributed by atoms with E-state index in [1.54, 1.807) is 12.1 Å². The van der Waals surface area contributed by atoms with E-state index < -0.39 is 0 Å². The molecule has 0 radical (unpaired) electrons. The molecule has 20 heavy (non-hydrogen) atoms. The monoisotopic (exact) mass is 296 g/mol. The van der Waals surface area contributed by atoms with Crippen molar-refractivity contribution in [1.29, 1.82) is 0 Å². The second-order valence-electron chi connectivity index (χ2n) is 6.56. The first kappa shape index (κ1) is 14.3. The Kier molecular flexibility index (Phi) is 3.78. The van der Waals surface area contributed by atoms with Gasteiger partial charge >= 0.3 is 0 Å². The third-order valence-corrected chi connectivity index (χ3v) is 5.18. The lowest BCUT2D eigenvalue weighted by Crippen LogP contribution is -2.62. The Bertz CT molecular complexity index is 503. The van der Waals surface area contributed by atoms with Gasteiger partial charge in [-0.2, -0.15) is 0 Å². The number of hydrogen-bond donors (Lipinski definition) is 1. The molecule has 2 nitrogen and oxygen atoms in total. The molecule has 4 heteroatoms. The van der Waals surface area contributed by atoms with Crippen LogP contribution in [0.1, 0.15) is 32.3 Å². The van der Waals surface area contributed by atoms with Gasteiger partial charge in [0, 0.05) is 36.2 Å². The fourth-order valence-corrected chi connectivity index (χ4v) is 3.41. The second-order valence-corrected chi connectivity index (χ2v) is 6.97. The zero-order valence-corrected chi connectivity index (χ0v) is 12.9. The van der Waals surface area contributed by atoms with Crippen LogP contribution in [0.3, 0.4) is 0 Å². The van der Waals surface area contributed by atoms with E-state index in [1.165, 1.54) is 18.9 Å². The van der Waals surface area contributed by atoms with E-state index in [0.29, 0.717) is 11.1 Å². The summed E-state index contributed by atoms with van der Waals surface area (Å²) in [6.45, 7) is 7.25. The summed E-state index contributed by atoms with van der Waals surface area (Å²) >= 11 is 6.20. The molecule has 2 aliphatic rings. The normalized spacial score (nSPS) is 31.5. The molecule has 1 aliphatic heterocycles. The number of hydrogen-bond acceptors (Lipinski definition) is 2. The minimum atomic E-state index is -0.211. The molecule has 0 bridgehead atoms.